The Balaban J connectivity index is 2.99. The number of unbranched alkanes of at least 4 members (excludes halogenated alkanes) is 1. The predicted octanol–water partition coefficient (Wildman–Crippen LogP) is 3.12. The standard InChI is InChI=1S/C12H15ClF3N3O/c1-2-3-4-19(7-12(14,15)16)11(20)8-5-10(13)18-6-9(8)17/h5-6H,2-4,7,17H2,1H3. The summed E-state index contributed by atoms with van der Waals surface area (Å²) in [5.74, 6) is -0.794. The highest BCUT2D eigenvalue weighted by Crippen LogP contribution is 2.22. The molecule has 0 radical (unpaired) electrons. The second kappa shape index (κ2) is 6.78. The third-order valence-electron chi connectivity index (χ3n) is 2.57. The highest BCUT2D eigenvalue weighted by atomic mass is 35.5. The third kappa shape index (κ3) is 4.88. The maximum atomic E-state index is 12.5. The number of anilines is 1. The van der Waals surface area contributed by atoms with E-state index in [9.17, 15) is 18.0 Å². The fourth-order valence-electron chi connectivity index (χ4n) is 1.61. The van der Waals surface area contributed by atoms with Crippen molar-refractivity contribution in [2.45, 2.75) is 25.9 Å². The van der Waals surface area contributed by atoms with Gasteiger partial charge in [-0.1, -0.05) is 24.9 Å². The minimum Gasteiger partial charge on any atom is -0.397 e. The molecule has 1 aromatic heterocycles. The van der Waals surface area contributed by atoms with E-state index in [0.29, 0.717) is 12.8 Å². The molecular weight excluding hydrogens is 295 g/mol. The molecule has 0 aliphatic rings. The summed E-state index contributed by atoms with van der Waals surface area (Å²) in [6.07, 6.45) is -2.16. The monoisotopic (exact) mass is 309 g/mol. The van der Waals surface area contributed by atoms with Crippen LogP contribution in [0.2, 0.25) is 5.15 Å². The number of halogens is 4. The first-order chi connectivity index (χ1) is 9.24. The number of rotatable bonds is 5. The van der Waals surface area contributed by atoms with Crippen molar-refractivity contribution in [3.05, 3.63) is 23.0 Å². The van der Waals surface area contributed by atoms with E-state index >= 15 is 0 Å². The van der Waals surface area contributed by atoms with Gasteiger partial charge in [-0.05, 0) is 12.5 Å². The fourth-order valence-corrected chi connectivity index (χ4v) is 1.77. The molecule has 0 bridgehead atoms. The summed E-state index contributed by atoms with van der Waals surface area (Å²) in [6.45, 7) is 0.521. The van der Waals surface area contributed by atoms with Crippen LogP contribution in [0.1, 0.15) is 30.1 Å². The van der Waals surface area contributed by atoms with Crippen LogP contribution in [0.5, 0.6) is 0 Å². The van der Waals surface area contributed by atoms with E-state index in [0.717, 1.165) is 11.1 Å². The van der Waals surface area contributed by atoms with Crippen LogP contribution in [-0.2, 0) is 0 Å². The van der Waals surface area contributed by atoms with E-state index in [1.165, 1.54) is 6.07 Å². The Bertz CT molecular complexity index is 480. The lowest BCUT2D eigenvalue weighted by molar-refractivity contribution is -0.140. The molecule has 2 N–H and O–H groups in total. The van der Waals surface area contributed by atoms with Crippen LogP contribution in [0.25, 0.3) is 0 Å². The van der Waals surface area contributed by atoms with Gasteiger partial charge in [-0.3, -0.25) is 4.79 Å². The molecule has 1 heterocycles. The van der Waals surface area contributed by atoms with Gasteiger partial charge in [0.05, 0.1) is 17.4 Å². The van der Waals surface area contributed by atoms with E-state index in [4.69, 9.17) is 17.3 Å². The van der Waals surface area contributed by atoms with Crippen molar-refractivity contribution in [2.75, 3.05) is 18.8 Å². The van der Waals surface area contributed by atoms with Crippen LogP contribution < -0.4 is 5.73 Å². The van der Waals surface area contributed by atoms with E-state index in [2.05, 4.69) is 4.98 Å². The normalized spacial score (nSPS) is 11.4. The number of hydrogen-bond donors (Lipinski definition) is 1. The van der Waals surface area contributed by atoms with Crippen LogP contribution in [0.4, 0.5) is 18.9 Å². The molecule has 0 spiro atoms. The van der Waals surface area contributed by atoms with Crippen molar-refractivity contribution >= 4 is 23.2 Å². The van der Waals surface area contributed by atoms with E-state index < -0.39 is 18.6 Å². The highest BCUT2D eigenvalue weighted by Gasteiger charge is 2.33. The van der Waals surface area contributed by atoms with Crippen LogP contribution in [-0.4, -0.2) is 35.1 Å². The van der Waals surface area contributed by atoms with Crippen LogP contribution in [0.3, 0.4) is 0 Å². The largest absolute Gasteiger partial charge is 0.406 e. The molecule has 1 rings (SSSR count). The summed E-state index contributed by atoms with van der Waals surface area (Å²) < 4.78 is 37.6. The highest BCUT2D eigenvalue weighted by molar-refractivity contribution is 6.29. The topological polar surface area (TPSA) is 59.2 Å². The Morgan fingerprint density at radius 2 is 2.15 bits per heavy atom. The summed E-state index contributed by atoms with van der Waals surface area (Å²) in [4.78, 5) is 16.6. The Hall–Kier alpha value is -1.50. The van der Waals surface area contributed by atoms with Crippen LogP contribution >= 0.6 is 11.6 Å². The smallest absolute Gasteiger partial charge is 0.397 e. The number of carbonyl (C=O) groups is 1. The number of alkyl halides is 3. The second-order valence-corrected chi connectivity index (χ2v) is 4.68. The second-order valence-electron chi connectivity index (χ2n) is 4.29. The molecule has 0 saturated heterocycles. The zero-order chi connectivity index (χ0) is 15.3. The van der Waals surface area contributed by atoms with Gasteiger partial charge < -0.3 is 10.6 Å². The molecule has 20 heavy (non-hydrogen) atoms. The van der Waals surface area contributed by atoms with Crippen molar-refractivity contribution in [2.24, 2.45) is 0 Å². The SMILES string of the molecule is CCCCN(CC(F)(F)F)C(=O)c1cc(Cl)ncc1N. The lowest BCUT2D eigenvalue weighted by Crippen LogP contribution is -2.39. The maximum absolute atomic E-state index is 12.5. The molecule has 112 valence electrons. The first kappa shape index (κ1) is 16.6. The Morgan fingerprint density at radius 1 is 1.50 bits per heavy atom. The molecular formula is C12H15ClF3N3O. The van der Waals surface area contributed by atoms with Gasteiger partial charge in [-0.25, -0.2) is 4.98 Å². The number of nitrogen functional groups attached to an aromatic ring is 1. The van der Waals surface area contributed by atoms with Gasteiger partial charge >= 0.3 is 6.18 Å². The van der Waals surface area contributed by atoms with Gasteiger partial charge in [0, 0.05) is 6.54 Å². The molecule has 4 nitrogen and oxygen atoms in total. The number of aromatic nitrogens is 1. The average molecular weight is 310 g/mol. The molecule has 0 saturated carbocycles. The fraction of sp³-hybridized carbons (Fsp3) is 0.500. The maximum Gasteiger partial charge on any atom is 0.406 e. The van der Waals surface area contributed by atoms with E-state index in [1.54, 1.807) is 0 Å². The lowest BCUT2D eigenvalue weighted by atomic mass is 10.2. The van der Waals surface area contributed by atoms with Crippen molar-refractivity contribution in [3.8, 4) is 0 Å². The number of hydrogen-bond acceptors (Lipinski definition) is 3. The van der Waals surface area contributed by atoms with Crippen molar-refractivity contribution in [3.63, 3.8) is 0 Å². The summed E-state index contributed by atoms with van der Waals surface area (Å²) in [7, 11) is 0. The molecule has 0 unspecified atom stereocenters. The van der Waals surface area contributed by atoms with E-state index in [-0.39, 0.29) is 22.9 Å². The molecule has 1 amide bonds. The molecule has 0 fully saturated rings. The zero-order valence-corrected chi connectivity index (χ0v) is 11.6. The van der Waals surface area contributed by atoms with Gasteiger partial charge in [0.2, 0.25) is 0 Å². The molecule has 0 aliphatic heterocycles. The van der Waals surface area contributed by atoms with Gasteiger partial charge in [0.25, 0.3) is 5.91 Å². The Kier molecular flexibility index (Phi) is 5.62. The number of amides is 1. The quantitative estimate of drug-likeness (QED) is 0.850. The number of carbonyl (C=O) groups excluding carboxylic acids is 1. The van der Waals surface area contributed by atoms with Gasteiger partial charge in [-0.2, -0.15) is 13.2 Å². The molecule has 0 aromatic carbocycles. The van der Waals surface area contributed by atoms with Gasteiger partial charge in [0.1, 0.15) is 11.7 Å². The number of nitrogens with two attached hydrogens (primary N) is 1. The number of nitrogens with zero attached hydrogens (tertiary/aromatic N) is 2. The van der Waals surface area contributed by atoms with Crippen molar-refractivity contribution < 1.29 is 18.0 Å². The van der Waals surface area contributed by atoms with Gasteiger partial charge in [0.15, 0.2) is 0 Å². The van der Waals surface area contributed by atoms with Crippen molar-refractivity contribution in [1.82, 2.24) is 9.88 Å². The summed E-state index contributed by atoms with van der Waals surface area (Å²) in [5, 5.41) is 0.00463. The summed E-state index contributed by atoms with van der Waals surface area (Å²) >= 11 is 5.64. The van der Waals surface area contributed by atoms with Crippen molar-refractivity contribution in [1.29, 1.82) is 0 Å². The minimum absolute atomic E-state index is 0.00285. The molecule has 0 aliphatic carbocycles. The van der Waals surface area contributed by atoms with Gasteiger partial charge in [-0.15, -0.1) is 0 Å². The first-order valence-electron chi connectivity index (χ1n) is 6.01. The van der Waals surface area contributed by atoms with E-state index in [1.807, 2.05) is 6.92 Å². The minimum atomic E-state index is -4.46. The summed E-state index contributed by atoms with van der Waals surface area (Å²) in [5.41, 5.74) is 5.51. The molecule has 1 aromatic rings. The Morgan fingerprint density at radius 3 is 2.70 bits per heavy atom. The van der Waals surface area contributed by atoms with Crippen LogP contribution in [0, 0.1) is 0 Å². The first-order valence-corrected chi connectivity index (χ1v) is 6.39. The average Bonchev–Trinajstić information content (AvgIpc) is 2.35. The third-order valence-corrected chi connectivity index (χ3v) is 2.78. The Labute approximate surface area is 119 Å². The lowest BCUT2D eigenvalue weighted by Gasteiger charge is -2.24. The van der Waals surface area contributed by atoms with Crippen LogP contribution in [0.15, 0.2) is 12.3 Å². The molecule has 8 heteroatoms. The summed E-state index contributed by atoms with van der Waals surface area (Å²) in [6, 6.07) is 1.18. The molecule has 0 atom stereocenters. The zero-order valence-electron chi connectivity index (χ0n) is 10.9. The predicted molar refractivity (Wildman–Crippen MR) is 70.5 cm³/mol. The number of pyridine rings is 1.